The molecular formula is C19H21NO4. The molecule has 0 radical (unpaired) electrons. The van der Waals surface area contributed by atoms with E-state index in [4.69, 9.17) is 4.74 Å². The number of carbonyl (C=O) groups excluding carboxylic acids is 2. The van der Waals surface area contributed by atoms with Crippen molar-refractivity contribution in [3.8, 4) is 5.75 Å². The first kappa shape index (κ1) is 17.5. The largest absolute Gasteiger partial charge is 0.508 e. The zero-order chi connectivity index (χ0) is 17.7. The number of ether oxygens (including phenoxy) is 1. The summed E-state index contributed by atoms with van der Waals surface area (Å²) in [6.45, 7) is 5.40. The predicted octanol–water partition coefficient (Wildman–Crippen LogP) is 4.14. The highest BCUT2D eigenvalue weighted by Gasteiger charge is 2.16. The van der Waals surface area contributed by atoms with Gasteiger partial charge in [0.15, 0.2) is 0 Å². The Labute approximate surface area is 141 Å². The number of amides is 1. The van der Waals surface area contributed by atoms with Crippen molar-refractivity contribution in [3.63, 3.8) is 0 Å². The standard InChI is InChI=1S/C19H21NO4/c1-19(2,3)24-18(23)20-16-6-4-5-13(10-16)9-15-8-7-14(12-21)11-17(15)22/h4-8,10-12,22H,9H2,1-3H3,(H,20,23). The summed E-state index contributed by atoms with van der Waals surface area (Å²) in [6, 6.07) is 12.1. The van der Waals surface area contributed by atoms with Crippen LogP contribution in [-0.4, -0.2) is 23.1 Å². The molecule has 2 N–H and O–H groups in total. The van der Waals surface area contributed by atoms with E-state index < -0.39 is 11.7 Å². The van der Waals surface area contributed by atoms with E-state index in [-0.39, 0.29) is 5.75 Å². The lowest BCUT2D eigenvalue weighted by Gasteiger charge is -2.19. The summed E-state index contributed by atoms with van der Waals surface area (Å²) in [5.41, 5.74) is 2.10. The molecule has 0 spiro atoms. The molecule has 5 nitrogen and oxygen atoms in total. The van der Waals surface area contributed by atoms with E-state index >= 15 is 0 Å². The van der Waals surface area contributed by atoms with Gasteiger partial charge in [0, 0.05) is 17.7 Å². The van der Waals surface area contributed by atoms with Gasteiger partial charge in [-0.3, -0.25) is 10.1 Å². The average molecular weight is 327 g/mol. The summed E-state index contributed by atoms with van der Waals surface area (Å²) in [5.74, 6) is 0.0742. The van der Waals surface area contributed by atoms with Crippen molar-refractivity contribution < 1.29 is 19.4 Å². The number of aldehydes is 1. The molecule has 0 saturated heterocycles. The molecule has 126 valence electrons. The quantitative estimate of drug-likeness (QED) is 0.827. The van der Waals surface area contributed by atoms with Crippen molar-refractivity contribution in [2.24, 2.45) is 0 Å². The summed E-state index contributed by atoms with van der Waals surface area (Å²) in [7, 11) is 0. The molecule has 0 fully saturated rings. The Bertz CT molecular complexity index is 747. The highest BCUT2D eigenvalue weighted by molar-refractivity contribution is 5.85. The zero-order valence-corrected chi connectivity index (χ0v) is 14.0. The van der Waals surface area contributed by atoms with Gasteiger partial charge in [-0.05, 0) is 50.1 Å². The lowest BCUT2D eigenvalue weighted by molar-refractivity contribution is 0.0636. The lowest BCUT2D eigenvalue weighted by atomic mass is 10.0. The molecule has 5 heteroatoms. The van der Waals surface area contributed by atoms with Crippen LogP contribution in [0.25, 0.3) is 0 Å². The van der Waals surface area contributed by atoms with Crippen LogP contribution in [0.5, 0.6) is 5.75 Å². The van der Waals surface area contributed by atoms with Crippen molar-refractivity contribution in [1.29, 1.82) is 0 Å². The zero-order valence-electron chi connectivity index (χ0n) is 14.0. The molecular weight excluding hydrogens is 306 g/mol. The van der Waals surface area contributed by atoms with Crippen molar-refractivity contribution in [3.05, 3.63) is 59.2 Å². The molecule has 2 rings (SSSR count). The molecule has 0 atom stereocenters. The van der Waals surface area contributed by atoms with E-state index in [0.29, 0.717) is 29.5 Å². The third-order valence-electron chi connectivity index (χ3n) is 3.21. The van der Waals surface area contributed by atoms with Crippen LogP contribution in [0, 0.1) is 0 Å². The predicted molar refractivity (Wildman–Crippen MR) is 92.6 cm³/mol. The van der Waals surface area contributed by atoms with Gasteiger partial charge in [-0.2, -0.15) is 0 Å². The van der Waals surface area contributed by atoms with Crippen LogP contribution in [0.15, 0.2) is 42.5 Å². The fourth-order valence-corrected chi connectivity index (χ4v) is 2.20. The fraction of sp³-hybridized carbons (Fsp3) is 0.263. The Morgan fingerprint density at radius 2 is 1.96 bits per heavy atom. The highest BCUT2D eigenvalue weighted by atomic mass is 16.6. The van der Waals surface area contributed by atoms with Gasteiger partial charge >= 0.3 is 6.09 Å². The van der Waals surface area contributed by atoms with Gasteiger partial charge in [-0.25, -0.2) is 4.79 Å². The van der Waals surface area contributed by atoms with Crippen LogP contribution in [0.1, 0.15) is 42.3 Å². The van der Waals surface area contributed by atoms with Gasteiger partial charge < -0.3 is 9.84 Å². The van der Waals surface area contributed by atoms with E-state index in [0.717, 1.165) is 5.56 Å². The maximum absolute atomic E-state index is 11.8. The van der Waals surface area contributed by atoms with Gasteiger partial charge in [0.25, 0.3) is 0 Å². The van der Waals surface area contributed by atoms with Crippen molar-refractivity contribution in [2.45, 2.75) is 32.8 Å². The second-order valence-electron chi connectivity index (χ2n) is 6.51. The highest BCUT2D eigenvalue weighted by Crippen LogP contribution is 2.23. The second kappa shape index (κ2) is 7.17. The number of aromatic hydroxyl groups is 1. The van der Waals surface area contributed by atoms with E-state index in [1.54, 1.807) is 39.0 Å². The van der Waals surface area contributed by atoms with Gasteiger partial charge in [-0.15, -0.1) is 0 Å². The third kappa shape index (κ3) is 5.12. The van der Waals surface area contributed by atoms with Crippen LogP contribution in [-0.2, 0) is 11.2 Å². The molecule has 0 aromatic heterocycles. The molecule has 0 heterocycles. The number of carbonyl (C=O) groups is 2. The fourth-order valence-electron chi connectivity index (χ4n) is 2.20. The molecule has 2 aromatic rings. The molecule has 24 heavy (non-hydrogen) atoms. The summed E-state index contributed by atoms with van der Waals surface area (Å²) in [6.07, 6.45) is 0.654. The minimum Gasteiger partial charge on any atom is -0.508 e. The van der Waals surface area contributed by atoms with Crippen LogP contribution in [0.2, 0.25) is 0 Å². The van der Waals surface area contributed by atoms with Crippen molar-refractivity contribution in [1.82, 2.24) is 0 Å². The minimum atomic E-state index is -0.562. The Balaban J connectivity index is 2.10. The molecule has 0 aliphatic carbocycles. The van der Waals surface area contributed by atoms with E-state index in [9.17, 15) is 14.7 Å². The van der Waals surface area contributed by atoms with Gasteiger partial charge in [-0.1, -0.05) is 24.3 Å². The number of hydrogen-bond acceptors (Lipinski definition) is 4. The smallest absolute Gasteiger partial charge is 0.412 e. The Kier molecular flexibility index (Phi) is 5.24. The minimum absolute atomic E-state index is 0.0742. The Morgan fingerprint density at radius 1 is 1.21 bits per heavy atom. The van der Waals surface area contributed by atoms with Crippen molar-refractivity contribution >= 4 is 18.1 Å². The van der Waals surface area contributed by atoms with E-state index in [1.165, 1.54) is 6.07 Å². The number of benzene rings is 2. The molecule has 2 aromatic carbocycles. The number of rotatable bonds is 4. The summed E-state index contributed by atoms with van der Waals surface area (Å²) in [5, 5.41) is 12.7. The SMILES string of the molecule is CC(C)(C)OC(=O)Nc1cccc(Cc2ccc(C=O)cc2O)c1. The number of hydrogen-bond donors (Lipinski definition) is 2. The average Bonchev–Trinajstić information content (AvgIpc) is 2.47. The van der Waals surface area contributed by atoms with Crippen LogP contribution >= 0.6 is 0 Å². The summed E-state index contributed by atoms with van der Waals surface area (Å²) < 4.78 is 5.22. The Hall–Kier alpha value is -2.82. The molecule has 0 aliphatic rings. The topological polar surface area (TPSA) is 75.6 Å². The van der Waals surface area contributed by atoms with Crippen molar-refractivity contribution in [2.75, 3.05) is 5.32 Å². The van der Waals surface area contributed by atoms with Gasteiger partial charge in [0.2, 0.25) is 0 Å². The third-order valence-corrected chi connectivity index (χ3v) is 3.21. The number of phenolic OH excluding ortho intramolecular Hbond substituents is 1. The first-order valence-electron chi connectivity index (χ1n) is 7.63. The maximum atomic E-state index is 11.8. The lowest BCUT2D eigenvalue weighted by Crippen LogP contribution is -2.27. The molecule has 0 bridgehead atoms. The molecule has 1 amide bonds. The van der Waals surface area contributed by atoms with Crippen LogP contribution < -0.4 is 5.32 Å². The van der Waals surface area contributed by atoms with Gasteiger partial charge in [0.05, 0.1) is 0 Å². The van der Waals surface area contributed by atoms with Crippen LogP contribution in [0.3, 0.4) is 0 Å². The molecule has 0 aliphatic heterocycles. The monoisotopic (exact) mass is 327 g/mol. The first-order valence-corrected chi connectivity index (χ1v) is 7.63. The normalized spacial score (nSPS) is 11.0. The Morgan fingerprint density at radius 3 is 2.58 bits per heavy atom. The summed E-state index contributed by atoms with van der Waals surface area (Å²) >= 11 is 0. The van der Waals surface area contributed by atoms with E-state index in [1.807, 2.05) is 18.2 Å². The second-order valence-corrected chi connectivity index (χ2v) is 6.51. The molecule has 0 unspecified atom stereocenters. The number of nitrogens with one attached hydrogen (secondary N) is 1. The summed E-state index contributed by atoms with van der Waals surface area (Å²) in [4.78, 5) is 22.5. The number of anilines is 1. The maximum Gasteiger partial charge on any atom is 0.412 e. The van der Waals surface area contributed by atoms with Crippen LogP contribution in [0.4, 0.5) is 10.5 Å². The number of phenols is 1. The van der Waals surface area contributed by atoms with Gasteiger partial charge in [0.1, 0.15) is 17.6 Å². The van der Waals surface area contributed by atoms with E-state index in [2.05, 4.69) is 5.32 Å². The molecule has 0 saturated carbocycles. The first-order chi connectivity index (χ1) is 11.3.